The fourth-order valence-electron chi connectivity index (χ4n) is 1.35. The van der Waals surface area contributed by atoms with E-state index >= 15 is 0 Å². The second-order valence-electron chi connectivity index (χ2n) is 3.56. The van der Waals surface area contributed by atoms with E-state index in [1.165, 1.54) is 16.9 Å². The minimum absolute atomic E-state index is 0.00785. The van der Waals surface area contributed by atoms with E-state index in [4.69, 9.17) is 5.11 Å². The number of rotatable bonds is 5. The lowest BCUT2D eigenvalue weighted by molar-refractivity contribution is -0.136. The molecule has 0 atom stereocenters. The van der Waals surface area contributed by atoms with E-state index in [9.17, 15) is 4.79 Å². The Morgan fingerprint density at radius 2 is 2.22 bits per heavy atom. The number of nitrogens with zero attached hydrogens (tertiary/aromatic N) is 1. The Bertz CT molecular complexity index is 557. The highest BCUT2D eigenvalue weighted by molar-refractivity contribution is 9.10. The van der Waals surface area contributed by atoms with E-state index in [0.29, 0.717) is 5.69 Å². The summed E-state index contributed by atoms with van der Waals surface area (Å²) >= 11 is 6.61. The van der Waals surface area contributed by atoms with Gasteiger partial charge in [0.25, 0.3) is 0 Å². The summed E-state index contributed by atoms with van der Waals surface area (Å²) in [6.45, 7) is 0. The van der Waals surface area contributed by atoms with Crippen molar-refractivity contribution in [2.24, 2.45) is 0 Å². The summed E-state index contributed by atoms with van der Waals surface area (Å²) in [5.74, 6) is -0.0239. The van der Waals surface area contributed by atoms with E-state index in [1.807, 2.05) is 18.2 Å². The molecule has 18 heavy (non-hydrogen) atoms. The zero-order chi connectivity index (χ0) is 13.0. The van der Waals surface area contributed by atoms with Crippen LogP contribution in [-0.4, -0.2) is 16.1 Å². The molecule has 0 saturated heterocycles. The molecule has 1 aromatic carbocycles. The van der Waals surface area contributed by atoms with Crippen molar-refractivity contribution in [2.45, 2.75) is 16.5 Å². The molecule has 0 spiro atoms. The third-order valence-corrected chi connectivity index (χ3v) is 5.06. The zero-order valence-electron chi connectivity index (χ0n) is 9.30. The van der Waals surface area contributed by atoms with Gasteiger partial charge < -0.3 is 5.11 Å². The SMILES string of the molecule is O=C(O)Cc1csc(SCc2ccccc2Br)n1. The Morgan fingerprint density at radius 3 is 2.94 bits per heavy atom. The molecule has 94 valence electrons. The summed E-state index contributed by atoms with van der Waals surface area (Å²) in [7, 11) is 0. The van der Waals surface area contributed by atoms with Crippen molar-refractivity contribution in [3.63, 3.8) is 0 Å². The van der Waals surface area contributed by atoms with Gasteiger partial charge in [0.2, 0.25) is 0 Å². The van der Waals surface area contributed by atoms with E-state index in [2.05, 4.69) is 27.0 Å². The first-order valence-corrected chi connectivity index (χ1v) is 7.83. The number of thioether (sulfide) groups is 1. The van der Waals surface area contributed by atoms with Gasteiger partial charge in [-0.2, -0.15) is 0 Å². The Labute approximate surface area is 121 Å². The molecule has 0 aliphatic rings. The van der Waals surface area contributed by atoms with Crippen LogP contribution in [0, 0.1) is 0 Å². The molecular weight excluding hydrogens is 334 g/mol. The van der Waals surface area contributed by atoms with Crippen LogP contribution < -0.4 is 0 Å². The summed E-state index contributed by atoms with van der Waals surface area (Å²) in [6.07, 6.45) is -0.00785. The molecular formula is C12H10BrNO2S2. The summed E-state index contributed by atoms with van der Waals surface area (Å²) in [4.78, 5) is 14.8. The molecule has 1 heterocycles. The maximum Gasteiger partial charge on any atom is 0.309 e. The van der Waals surface area contributed by atoms with Crippen LogP contribution in [0.4, 0.5) is 0 Å². The van der Waals surface area contributed by atoms with Gasteiger partial charge in [0.1, 0.15) is 4.34 Å². The predicted molar refractivity (Wildman–Crippen MR) is 77.2 cm³/mol. The smallest absolute Gasteiger partial charge is 0.309 e. The van der Waals surface area contributed by atoms with Crippen LogP contribution in [0.3, 0.4) is 0 Å². The van der Waals surface area contributed by atoms with Crippen molar-refractivity contribution in [1.82, 2.24) is 4.98 Å². The highest BCUT2D eigenvalue weighted by Gasteiger charge is 2.07. The highest BCUT2D eigenvalue weighted by Crippen LogP contribution is 2.29. The number of benzene rings is 1. The third-order valence-electron chi connectivity index (χ3n) is 2.17. The van der Waals surface area contributed by atoms with Crippen LogP contribution in [0.25, 0.3) is 0 Å². The monoisotopic (exact) mass is 343 g/mol. The van der Waals surface area contributed by atoms with Crippen molar-refractivity contribution in [1.29, 1.82) is 0 Å². The molecule has 1 aromatic heterocycles. The van der Waals surface area contributed by atoms with Gasteiger partial charge in [0.15, 0.2) is 0 Å². The highest BCUT2D eigenvalue weighted by atomic mass is 79.9. The van der Waals surface area contributed by atoms with E-state index < -0.39 is 5.97 Å². The quantitative estimate of drug-likeness (QED) is 0.838. The van der Waals surface area contributed by atoms with Crippen molar-refractivity contribution in [2.75, 3.05) is 0 Å². The molecule has 0 aliphatic heterocycles. The molecule has 0 bridgehead atoms. The average molecular weight is 344 g/mol. The van der Waals surface area contributed by atoms with Gasteiger partial charge in [-0.25, -0.2) is 4.98 Å². The van der Waals surface area contributed by atoms with Gasteiger partial charge in [0.05, 0.1) is 12.1 Å². The van der Waals surface area contributed by atoms with E-state index in [1.54, 1.807) is 17.1 Å². The van der Waals surface area contributed by atoms with E-state index in [-0.39, 0.29) is 6.42 Å². The molecule has 3 nitrogen and oxygen atoms in total. The van der Waals surface area contributed by atoms with Crippen LogP contribution in [-0.2, 0) is 17.0 Å². The van der Waals surface area contributed by atoms with Gasteiger partial charge >= 0.3 is 5.97 Å². The van der Waals surface area contributed by atoms with Crippen LogP contribution in [0.2, 0.25) is 0 Å². The Balaban J connectivity index is 1.96. The van der Waals surface area contributed by atoms with Crippen molar-refractivity contribution in [3.05, 3.63) is 45.4 Å². The molecule has 0 fully saturated rings. The van der Waals surface area contributed by atoms with Crippen LogP contribution in [0.1, 0.15) is 11.3 Å². The molecule has 2 aromatic rings. The lowest BCUT2D eigenvalue weighted by Gasteiger charge is -2.01. The largest absolute Gasteiger partial charge is 0.481 e. The Kier molecular flexibility index (Phi) is 4.79. The Morgan fingerprint density at radius 1 is 1.44 bits per heavy atom. The lowest BCUT2D eigenvalue weighted by atomic mass is 10.2. The fourth-order valence-corrected chi connectivity index (χ4v) is 3.80. The number of aliphatic carboxylic acids is 1. The molecule has 0 amide bonds. The standard InChI is InChI=1S/C12H10BrNO2S2/c13-10-4-2-1-3-8(10)6-17-12-14-9(7-18-12)5-11(15)16/h1-4,7H,5-6H2,(H,15,16). The van der Waals surface area contributed by atoms with Gasteiger partial charge in [-0.05, 0) is 11.6 Å². The zero-order valence-corrected chi connectivity index (χ0v) is 12.5. The van der Waals surface area contributed by atoms with E-state index in [0.717, 1.165) is 14.6 Å². The molecule has 0 radical (unpaired) electrons. The normalized spacial score (nSPS) is 10.5. The molecule has 1 N–H and O–H groups in total. The first-order valence-electron chi connectivity index (χ1n) is 5.17. The minimum Gasteiger partial charge on any atom is -0.481 e. The molecule has 0 unspecified atom stereocenters. The lowest BCUT2D eigenvalue weighted by Crippen LogP contribution is -1.99. The van der Waals surface area contributed by atoms with Crippen molar-refractivity contribution in [3.8, 4) is 0 Å². The number of carbonyl (C=O) groups is 1. The molecule has 2 rings (SSSR count). The van der Waals surface area contributed by atoms with Gasteiger partial charge in [0, 0.05) is 15.6 Å². The minimum atomic E-state index is -0.845. The topological polar surface area (TPSA) is 50.2 Å². The molecule has 6 heteroatoms. The molecule has 0 saturated carbocycles. The number of aromatic nitrogens is 1. The summed E-state index contributed by atoms with van der Waals surface area (Å²) in [5.41, 5.74) is 1.83. The summed E-state index contributed by atoms with van der Waals surface area (Å²) in [6, 6.07) is 8.04. The number of hydrogen-bond donors (Lipinski definition) is 1. The third kappa shape index (κ3) is 3.83. The average Bonchev–Trinajstić information content (AvgIpc) is 2.75. The van der Waals surface area contributed by atoms with Crippen molar-refractivity contribution < 1.29 is 9.90 Å². The van der Waals surface area contributed by atoms with Gasteiger partial charge in [-0.1, -0.05) is 45.9 Å². The second kappa shape index (κ2) is 6.36. The van der Waals surface area contributed by atoms with Crippen LogP contribution in [0.5, 0.6) is 0 Å². The first-order chi connectivity index (χ1) is 8.65. The first kappa shape index (κ1) is 13.6. The van der Waals surface area contributed by atoms with Gasteiger partial charge in [-0.3, -0.25) is 4.79 Å². The number of hydrogen-bond acceptors (Lipinski definition) is 4. The molecule has 0 aliphatic carbocycles. The predicted octanol–water partition coefficient (Wildman–Crippen LogP) is 3.83. The number of thiazole rings is 1. The van der Waals surface area contributed by atoms with Crippen LogP contribution >= 0.6 is 39.0 Å². The van der Waals surface area contributed by atoms with Crippen LogP contribution in [0.15, 0.2) is 38.5 Å². The maximum absolute atomic E-state index is 10.6. The number of halogens is 1. The number of carboxylic acids is 1. The number of carboxylic acid groups (broad SMARTS) is 1. The summed E-state index contributed by atoms with van der Waals surface area (Å²) < 4.78 is 1.99. The van der Waals surface area contributed by atoms with Crippen molar-refractivity contribution >= 4 is 45.0 Å². The maximum atomic E-state index is 10.6. The Hall–Kier alpha value is -0.850. The fraction of sp³-hybridized carbons (Fsp3) is 0.167. The van der Waals surface area contributed by atoms with Gasteiger partial charge in [-0.15, -0.1) is 11.3 Å². The second-order valence-corrected chi connectivity index (χ2v) is 6.49. The summed E-state index contributed by atoms with van der Waals surface area (Å²) in [5, 5.41) is 10.5.